The Morgan fingerprint density at radius 1 is 1.18 bits per heavy atom. The standard InChI is InChI=1S/C26H29FN6O/c1-15(2)32-24(34)20-14-28-25(31-23(20)33(32)19-7-9-22(27)16(3)12-19)30-18-6-8-21-17(13-18)10-11-29-26(21,4)5/h6-9,12-15,29H,10-11H2,1-5H3,(H,28,30,31). The molecule has 0 amide bonds. The molecule has 8 heteroatoms. The van der Waals surface area contributed by atoms with E-state index in [1.165, 1.54) is 17.2 Å². The fourth-order valence-electron chi connectivity index (χ4n) is 4.76. The van der Waals surface area contributed by atoms with E-state index in [1.807, 2.05) is 19.9 Å². The number of aryl methyl sites for hydroxylation is 1. The minimum absolute atomic E-state index is 0.0648. The number of rotatable bonds is 4. The van der Waals surface area contributed by atoms with Crippen LogP contribution in [-0.2, 0) is 12.0 Å². The first-order chi connectivity index (χ1) is 16.2. The van der Waals surface area contributed by atoms with Gasteiger partial charge in [0.25, 0.3) is 5.56 Å². The van der Waals surface area contributed by atoms with E-state index in [0.717, 1.165) is 18.7 Å². The minimum atomic E-state index is -0.290. The minimum Gasteiger partial charge on any atom is -0.324 e. The number of hydrogen-bond donors (Lipinski definition) is 2. The number of halogens is 1. The fourth-order valence-corrected chi connectivity index (χ4v) is 4.76. The summed E-state index contributed by atoms with van der Waals surface area (Å²) < 4.78 is 17.3. The van der Waals surface area contributed by atoms with Gasteiger partial charge in [0.15, 0.2) is 5.65 Å². The highest BCUT2D eigenvalue weighted by Crippen LogP contribution is 2.31. The molecule has 0 bridgehead atoms. The third kappa shape index (κ3) is 3.68. The highest BCUT2D eigenvalue weighted by atomic mass is 19.1. The van der Waals surface area contributed by atoms with Crippen LogP contribution in [0.4, 0.5) is 16.0 Å². The molecule has 2 aromatic heterocycles. The molecular weight excluding hydrogens is 431 g/mol. The van der Waals surface area contributed by atoms with E-state index in [4.69, 9.17) is 4.98 Å². The van der Waals surface area contributed by atoms with Crippen LogP contribution >= 0.6 is 0 Å². The van der Waals surface area contributed by atoms with Gasteiger partial charge in [-0.1, -0.05) is 6.07 Å². The highest BCUT2D eigenvalue weighted by Gasteiger charge is 2.26. The topological polar surface area (TPSA) is 76.8 Å². The summed E-state index contributed by atoms with van der Waals surface area (Å²) in [5, 5.41) is 7.27. The summed E-state index contributed by atoms with van der Waals surface area (Å²) in [6.07, 6.45) is 2.51. The predicted molar refractivity (Wildman–Crippen MR) is 133 cm³/mol. The number of nitrogens with one attached hydrogen (secondary N) is 2. The molecule has 34 heavy (non-hydrogen) atoms. The SMILES string of the molecule is Cc1cc(-n2c3nc(Nc4ccc5c(c4)CCNC5(C)C)ncc3c(=O)n2C(C)C)ccc1F. The summed E-state index contributed by atoms with van der Waals surface area (Å²) in [5.41, 5.74) is 4.88. The van der Waals surface area contributed by atoms with Crippen molar-refractivity contribution in [3.8, 4) is 5.69 Å². The number of nitrogens with zero attached hydrogens (tertiary/aromatic N) is 4. The van der Waals surface area contributed by atoms with Crippen molar-refractivity contribution in [1.29, 1.82) is 0 Å². The zero-order chi connectivity index (χ0) is 24.2. The van der Waals surface area contributed by atoms with Crippen LogP contribution in [-0.4, -0.2) is 25.9 Å². The summed E-state index contributed by atoms with van der Waals surface area (Å²) >= 11 is 0. The van der Waals surface area contributed by atoms with Crippen LogP contribution < -0.4 is 16.2 Å². The Labute approximate surface area is 197 Å². The van der Waals surface area contributed by atoms with Gasteiger partial charge < -0.3 is 10.6 Å². The molecule has 7 nitrogen and oxygen atoms in total. The Hall–Kier alpha value is -3.52. The van der Waals surface area contributed by atoms with Gasteiger partial charge in [0.2, 0.25) is 5.95 Å². The van der Waals surface area contributed by atoms with E-state index >= 15 is 0 Å². The van der Waals surface area contributed by atoms with Crippen molar-refractivity contribution in [2.24, 2.45) is 0 Å². The van der Waals surface area contributed by atoms with Crippen LogP contribution in [0, 0.1) is 12.7 Å². The summed E-state index contributed by atoms with van der Waals surface area (Å²) in [5.74, 6) is 0.107. The maximum absolute atomic E-state index is 13.9. The summed E-state index contributed by atoms with van der Waals surface area (Å²) in [6.45, 7) is 10.9. The lowest BCUT2D eigenvalue weighted by Gasteiger charge is -2.34. The average molecular weight is 461 g/mol. The average Bonchev–Trinajstić information content (AvgIpc) is 3.07. The van der Waals surface area contributed by atoms with Crippen LogP contribution in [0.3, 0.4) is 0 Å². The van der Waals surface area contributed by atoms with E-state index in [-0.39, 0.29) is 23.0 Å². The van der Waals surface area contributed by atoms with Crippen molar-refractivity contribution in [2.75, 3.05) is 11.9 Å². The maximum atomic E-state index is 13.9. The van der Waals surface area contributed by atoms with E-state index in [0.29, 0.717) is 28.2 Å². The summed E-state index contributed by atoms with van der Waals surface area (Å²) in [4.78, 5) is 22.3. The van der Waals surface area contributed by atoms with Crippen molar-refractivity contribution in [3.63, 3.8) is 0 Å². The first kappa shape index (κ1) is 22.3. The summed E-state index contributed by atoms with van der Waals surface area (Å²) in [7, 11) is 0. The van der Waals surface area contributed by atoms with Crippen LogP contribution in [0.5, 0.6) is 0 Å². The van der Waals surface area contributed by atoms with Crippen molar-refractivity contribution in [2.45, 2.75) is 52.6 Å². The second-order valence-electron chi connectivity index (χ2n) is 9.72. The Morgan fingerprint density at radius 3 is 2.71 bits per heavy atom. The van der Waals surface area contributed by atoms with Gasteiger partial charge in [-0.25, -0.2) is 18.7 Å². The Bertz CT molecular complexity index is 1470. The molecule has 5 rings (SSSR count). The number of benzene rings is 2. The van der Waals surface area contributed by atoms with E-state index in [2.05, 4.69) is 41.6 Å². The lowest BCUT2D eigenvalue weighted by atomic mass is 9.85. The van der Waals surface area contributed by atoms with Gasteiger partial charge in [-0.2, -0.15) is 4.98 Å². The van der Waals surface area contributed by atoms with Gasteiger partial charge in [-0.05, 0) is 94.6 Å². The molecule has 2 aromatic carbocycles. The van der Waals surface area contributed by atoms with Crippen LogP contribution in [0.25, 0.3) is 16.7 Å². The largest absolute Gasteiger partial charge is 0.324 e. The molecule has 1 aliphatic rings. The quantitative estimate of drug-likeness (QED) is 0.460. The molecule has 3 heterocycles. The van der Waals surface area contributed by atoms with Crippen molar-refractivity contribution < 1.29 is 4.39 Å². The lowest BCUT2D eigenvalue weighted by molar-refractivity contribution is 0.382. The third-order valence-corrected chi connectivity index (χ3v) is 6.49. The molecule has 0 saturated heterocycles. The second kappa shape index (κ2) is 8.06. The zero-order valence-electron chi connectivity index (χ0n) is 20.1. The second-order valence-corrected chi connectivity index (χ2v) is 9.72. The van der Waals surface area contributed by atoms with Crippen LogP contribution in [0.2, 0.25) is 0 Å². The molecular formula is C26H29FN6O. The molecule has 176 valence electrons. The van der Waals surface area contributed by atoms with Crippen LogP contribution in [0.1, 0.15) is 50.4 Å². The zero-order valence-corrected chi connectivity index (χ0v) is 20.1. The van der Waals surface area contributed by atoms with Gasteiger partial charge in [0.1, 0.15) is 11.2 Å². The lowest BCUT2D eigenvalue weighted by Crippen LogP contribution is -2.42. The number of hydrogen-bond acceptors (Lipinski definition) is 5. The van der Waals surface area contributed by atoms with Crippen molar-refractivity contribution in [3.05, 3.63) is 75.5 Å². The van der Waals surface area contributed by atoms with Crippen LogP contribution in [0.15, 0.2) is 47.4 Å². The predicted octanol–water partition coefficient (Wildman–Crippen LogP) is 4.74. The van der Waals surface area contributed by atoms with Gasteiger partial charge in [-0.3, -0.25) is 4.79 Å². The van der Waals surface area contributed by atoms with E-state index in [1.54, 1.807) is 34.6 Å². The first-order valence-electron chi connectivity index (χ1n) is 11.6. The van der Waals surface area contributed by atoms with E-state index in [9.17, 15) is 9.18 Å². The normalized spacial score (nSPS) is 15.0. The monoisotopic (exact) mass is 460 g/mol. The molecule has 0 fully saturated rings. The molecule has 2 N–H and O–H groups in total. The molecule has 0 radical (unpaired) electrons. The van der Waals surface area contributed by atoms with Gasteiger partial charge in [0.05, 0.1) is 5.69 Å². The smallest absolute Gasteiger partial charge is 0.278 e. The van der Waals surface area contributed by atoms with Crippen molar-refractivity contribution >= 4 is 22.7 Å². The molecule has 0 atom stereocenters. The van der Waals surface area contributed by atoms with E-state index < -0.39 is 0 Å². The van der Waals surface area contributed by atoms with Gasteiger partial charge >= 0.3 is 0 Å². The highest BCUT2D eigenvalue weighted by molar-refractivity contribution is 5.77. The fraction of sp³-hybridized carbons (Fsp3) is 0.346. The molecule has 0 saturated carbocycles. The van der Waals surface area contributed by atoms with Crippen molar-refractivity contribution in [1.82, 2.24) is 24.6 Å². The molecule has 0 spiro atoms. The third-order valence-electron chi connectivity index (χ3n) is 6.49. The van der Waals surface area contributed by atoms with Gasteiger partial charge in [-0.15, -0.1) is 0 Å². The molecule has 1 aliphatic heterocycles. The summed E-state index contributed by atoms with van der Waals surface area (Å²) in [6, 6.07) is 11.0. The number of anilines is 2. The first-order valence-corrected chi connectivity index (χ1v) is 11.6. The molecule has 0 aliphatic carbocycles. The number of fused-ring (bicyclic) bond motifs is 2. The Morgan fingerprint density at radius 2 is 1.97 bits per heavy atom. The van der Waals surface area contributed by atoms with Gasteiger partial charge in [0, 0.05) is 23.5 Å². The number of aromatic nitrogens is 4. The Kier molecular flexibility index (Phi) is 5.28. The molecule has 0 unspecified atom stereocenters. The molecule has 4 aromatic rings. The Balaban J connectivity index is 1.61. The maximum Gasteiger partial charge on any atom is 0.278 e.